The van der Waals surface area contributed by atoms with Crippen LogP contribution < -0.4 is 10.6 Å². The molecule has 3 nitrogen and oxygen atoms in total. The van der Waals surface area contributed by atoms with Gasteiger partial charge in [0.15, 0.2) is 5.11 Å². The van der Waals surface area contributed by atoms with Crippen molar-refractivity contribution >= 4 is 23.2 Å². The van der Waals surface area contributed by atoms with Crippen LogP contribution in [0, 0.1) is 0 Å². The van der Waals surface area contributed by atoms with E-state index in [-0.39, 0.29) is 11.9 Å². The molecule has 0 aliphatic carbocycles. The lowest BCUT2D eigenvalue weighted by atomic mass is 10.0. The quantitative estimate of drug-likeness (QED) is 0.662. The van der Waals surface area contributed by atoms with E-state index in [1.165, 1.54) is 0 Å². The predicted molar refractivity (Wildman–Crippen MR) is 110 cm³/mol. The highest BCUT2D eigenvalue weighted by Crippen LogP contribution is 2.19. The third-order valence-corrected chi connectivity index (χ3v) is 4.35. The van der Waals surface area contributed by atoms with Crippen LogP contribution >= 0.6 is 12.2 Å². The van der Waals surface area contributed by atoms with Crippen molar-refractivity contribution in [2.75, 3.05) is 0 Å². The van der Waals surface area contributed by atoms with E-state index in [1.807, 2.05) is 79.7 Å². The molecule has 3 rings (SSSR count). The molecular formula is C22H20N2OS. The number of hydrogen-bond acceptors (Lipinski definition) is 2. The summed E-state index contributed by atoms with van der Waals surface area (Å²) in [7, 11) is 0. The maximum atomic E-state index is 12.4. The minimum Gasteiger partial charge on any atom is -0.356 e. The summed E-state index contributed by atoms with van der Waals surface area (Å²) >= 11 is 5.27. The highest BCUT2D eigenvalue weighted by atomic mass is 32.1. The van der Waals surface area contributed by atoms with Gasteiger partial charge in [0, 0.05) is 5.56 Å². The van der Waals surface area contributed by atoms with E-state index in [9.17, 15) is 4.79 Å². The van der Waals surface area contributed by atoms with Crippen LogP contribution in [-0.4, -0.2) is 11.0 Å². The van der Waals surface area contributed by atoms with E-state index in [2.05, 4.69) is 10.6 Å². The van der Waals surface area contributed by atoms with Gasteiger partial charge in [-0.25, -0.2) is 0 Å². The lowest BCUT2D eigenvalue weighted by Gasteiger charge is -2.16. The summed E-state index contributed by atoms with van der Waals surface area (Å²) in [6.07, 6.45) is 0. The molecule has 1 atom stereocenters. The van der Waals surface area contributed by atoms with Crippen LogP contribution in [0.2, 0.25) is 0 Å². The van der Waals surface area contributed by atoms with Crippen molar-refractivity contribution in [1.29, 1.82) is 0 Å². The first-order valence-corrected chi connectivity index (χ1v) is 8.86. The summed E-state index contributed by atoms with van der Waals surface area (Å²) < 4.78 is 0. The van der Waals surface area contributed by atoms with E-state index < -0.39 is 0 Å². The Morgan fingerprint density at radius 3 is 1.96 bits per heavy atom. The Morgan fingerprint density at radius 2 is 1.35 bits per heavy atom. The maximum absolute atomic E-state index is 12.4. The molecule has 0 radical (unpaired) electrons. The molecule has 26 heavy (non-hydrogen) atoms. The van der Waals surface area contributed by atoms with Crippen LogP contribution in [-0.2, 0) is 0 Å². The van der Waals surface area contributed by atoms with Crippen LogP contribution in [0.15, 0.2) is 84.9 Å². The number of thiocarbonyl (C=S) groups is 1. The van der Waals surface area contributed by atoms with Gasteiger partial charge in [-0.3, -0.25) is 10.1 Å². The van der Waals surface area contributed by atoms with E-state index in [4.69, 9.17) is 12.2 Å². The first-order valence-electron chi connectivity index (χ1n) is 8.46. The Balaban J connectivity index is 1.60. The van der Waals surface area contributed by atoms with Gasteiger partial charge in [0.25, 0.3) is 5.91 Å². The van der Waals surface area contributed by atoms with Crippen LogP contribution in [0.4, 0.5) is 0 Å². The van der Waals surface area contributed by atoms with Gasteiger partial charge < -0.3 is 5.32 Å². The Kier molecular flexibility index (Phi) is 5.77. The zero-order valence-electron chi connectivity index (χ0n) is 14.5. The summed E-state index contributed by atoms with van der Waals surface area (Å²) in [5, 5.41) is 6.19. The van der Waals surface area contributed by atoms with E-state index >= 15 is 0 Å². The van der Waals surface area contributed by atoms with Gasteiger partial charge in [-0.1, -0.05) is 72.8 Å². The summed E-state index contributed by atoms with van der Waals surface area (Å²) in [4.78, 5) is 12.4. The second-order valence-electron chi connectivity index (χ2n) is 6.00. The molecule has 0 saturated heterocycles. The molecule has 0 spiro atoms. The van der Waals surface area contributed by atoms with Crippen molar-refractivity contribution in [3.63, 3.8) is 0 Å². The minimum absolute atomic E-state index is 0.0180. The largest absolute Gasteiger partial charge is 0.356 e. The molecular weight excluding hydrogens is 340 g/mol. The first-order chi connectivity index (χ1) is 12.6. The molecule has 4 heteroatoms. The highest BCUT2D eigenvalue weighted by Gasteiger charge is 2.11. The molecule has 0 aromatic heterocycles. The van der Waals surface area contributed by atoms with Gasteiger partial charge in [0.1, 0.15) is 0 Å². The predicted octanol–water partition coefficient (Wildman–Crippen LogP) is 4.72. The van der Waals surface area contributed by atoms with Crippen molar-refractivity contribution in [3.05, 3.63) is 96.1 Å². The average molecular weight is 360 g/mol. The Bertz CT molecular complexity index is 877. The molecule has 2 N–H and O–H groups in total. The molecule has 0 saturated carbocycles. The second-order valence-corrected chi connectivity index (χ2v) is 6.41. The van der Waals surface area contributed by atoms with E-state index in [0.717, 1.165) is 16.7 Å². The molecule has 3 aromatic carbocycles. The van der Waals surface area contributed by atoms with Gasteiger partial charge in [-0.2, -0.15) is 0 Å². The third kappa shape index (κ3) is 4.55. The molecule has 130 valence electrons. The number of rotatable bonds is 4. The summed E-state index contributed by atoms with van der Waals surface area (Å²) in [5.41, 5.74) is 3.87. The molecule has 0 fully saturated rings. The fraction of sp³-hybridized carbons (Fsp3) is 0.0909. The van der Waals surface area contributed by atoms with Crippen molar-refractivity contribution < 1.29 is 4.79 Å². The van der Waals surface area contributed by atoms with Gasteiger partial charge in [-0.05, 0) is 48.0 Å². The summed E-state index contributed by atoms with van der Waals surface area (Å²) in [6, 6.07) is 27.5. The topological polar surface area (TPSA) is 41.1 Å². The lowest BCUT2D eigenvalue weighted by Crippen LogP contribution is -2.40. The Labute approximate surface area is 159 Å². The lowest BCUT2D eigenvalue weighted by molar-refractivity contribution is 0.0976. The molecule has 0 aliphatic rings. The normalized spacial score (nSPS) is 11.4. The summed E-state index contributed by atoms with van der Waals surface area (Å²) in [6.45, 7) is 2.00. The highest BCUT2D eigenvalue weighted by molar-refractivity contribution is 7.80. The number of amides is 1. The molecule has 0 aliphatic heterocycles. The number of nitrogens with one attached hydrogen (secondary N) is 2. The molecule has 0 heterocycles. The molecule has 0 bridgehead atoms. The maximum Gasteiger partial charge on any atom is 0.257 e. The zero-order chi connectivity index (χ0) is 18.4. The molecule has 3 aromatic rings. The van der Waals surface area contributed by atoms with Gasteiger partial charge in [0.2, 0.25) is 0 Å². The Morgan fingerprint density at radius 1 is 0.808 bits per heavy atom. The zero-order valence-corrected chi connectivity index (χ0v) is 15.3. The minimum atomic E-state index is -0.220. The van der Waals surface area contributed by atoms with E-state index in [1.54, 1.807) is 12.1 Å². The van der Waals surface area contributed by atoms with Crippen LogP contribution in [0.3, 0.4) is 0 Å². The molecule has 0 unspecified atom stereocenters. The first kappa shape index (κ1) is 17.8. The monoisotopic (exact) mass is 360 g/mol. The van der Waals surface area contributed by atoms with Gasteiger partial charge in [0.05, 0.1) is 6.04 Å². The van der Waals surface area contributed by atoms with Crippen molar-refractivity contribution in [2.24, 2.45) is 0 Å². The fourth-order valence-corrected chi connectivity index (χ4v) is 2.95. The standard InChI is InChI=1S/C22H20N2OS/c1-16(17-8-4-2-5-9-17)23-22(26)24-21(25)20-14-12-19(13-15-20)18-10-6-3-7-11-18/h2-16H,1H3,(H2,23,24,25,26)/t16-/m0/s1. The van der Waals surface area contributed by atoms with Crippen molar-refractivity contribution in [2.45, 2.75) is 13.0 Å². The van der Waals surface area contributed by atoms with E-state index in [0.29, 0.717) is 10.7 Å². The third-order valence-electron chi connectivity index (χ3n) is 4.13. The number of hydrogen-bond donors (Lipinski definition) is 2. The van der Waals surface area contributed by atoms with Gasteiger partial charge in [-0.15, -0.1) is 0 Å². The second kappa shape index (κ2) is 8.41. The van der Waals surface area contributed by atoms with Crippen LogP contribution in [0.5, 0.6) is 0 Å². The number of carbonyl (C=O) groups excluding carboxylic acids is 1. The van der Waals surface area contributed by atoms with Crippen molar-refractivity contribution in [1.82, 2.24) is 10.6 Å². The SMILES string of the molecule is C[C@H](NC(=S)NC(=O)c1ccc(-c2ccccc2)cc1)c1ccccc1. The number of carbonyl (C=O) groups is 1. The van der Waals surface area contributed by atoms with Gasteiger partial charge >= 0.3 is 0 Å². The van der Waals surface area contributed by atoms with Crippen molar-refractivity contribution in [3.8, 4) is 11.1 Å². The van der Waals surface area contributed by atoms with Crippen LogP contribution in [0.25, 0.3) is 11.1 Å². The fourth-order valence-electron chi connectivity index (χ4n) is 2.68. The average Bonchev–Trinajstić information content (AvgIpc) is 2.69. The van der Waals surface area contributed by atoms with Crippen LogP contribution in [0.1, 0.15) is 28.9 Å². The summed E-state index contributed by atoms with van der Waals surface area (Å²) in [5.74, 6) is -0.220. The smallest absolute Gasteiger partial charge is 0.257 e. The Hall–Kier alpha value is -2.98. The molecule has 1 amide bonds. The number of benzene rings is 3.